The zero-order valence-electron chi connectivity index (χ0n) is 6.57. The highest BCUT2D eigenvalue weighted by atomic mass is 15.3. The number of hydrogen-bond acceptors (Lipinski definition) is 5. The molecule has 68 valence electrons. The van der Waals surface area contributed by atoms with Crippen molar-refractivity contribution in [1.82, 2.24) is 20.3 Å². The first-order valence-electron chi connectivity index (χ1n) is 3.27. The fraction of sp³-hybridized carbons (Fsp3) is 0. The molecular formula is C5H8N8. The molecule has 0 spiro atoms. The van der Waals surface area contributed by atoms with Crippen molar-refractivity contribution >= 4 is 17.9 Å². The van der Waals surface area contributed by atoms with E-state index in [4.69, 9.17) is 16.6 Å². The molecule has 1 rings (SSSR count). The molecule has 1 aromatic rings. The maximum atomic E-state index is 7.21. The van der Waals surface area contributed by atoms with Crippen LogP contribution >= 0.6 is 0 Å². The van der Waals surface area contributed by atoms with Crippen LogP contribution < -0.4 is 16.4 Å². The van der Waals surface area contributed by atoms with Crippen LogP contribution in [0.3, 0.4) is 0 Å². The fourth-order valence-electron chi connectivity index (χ4n) is 0.581. The van der Waals surface area contributed by atoms with Gasteiger partial charge >= 0.3 is 0 Å². The summed E-state index contributed by atoms with van der Waals surface area (Å²) in [5.74, 6) is -0.279. The Bertz CT molecular complexity index is 306. The van der Waals surface area contributed by atoms with E-state index in [0.717, 1.165) is 0 Å². The molecule has 0 atom stereocenters. The van der Waals surface area contributed by atoms with Crippen molar-refractivity contribution in [1.29, 1.82) is 10.8 Å². The van der Waals surface area contributed by atoms with Crippen LogP contribution in [0, 0.1) is 10.8 Å². The third kappa shape index (κ3) is 3.10. The van der Waals surface area contributed by atoms with E-state index in [-0.39, 0.29) is 17.9 Å². The SMILES string of the molecule is N=C(N)NC(=N)Nc1ncncn1. The second-order valence-corrected chi connectivity index (χ2v) is 2.00. The Morgan fingerprint density at radius 3 is 2.46 bits per heavy atom. The van der Waals surface area contributed by atoms with Crippen LogP contribution in [-0.4, -0.2) is 26.9 Å². The Balaban J connectivity index is 2.50. The van der Waals surface area contributed by atoms with E-state index in [1.807, 2.05) is 0 Å². The molecule has 0 saturated heterocycles. The molecule has 0 aliphatic rings. The molecule has 0 aliphatic heterocycles. The lowest BCUT2D eigenvalue weighted by atomic mass is 10.8. The zero-order valence-corrected chi connectivity index (χ0v) is 6.57. The summed E-state index contributed by atoms with van der Waals surface area (Å²) < 4.78 is 0. The van der Waals surface area contributed by atoms with Gasteiger partial charge in [-0.1, -0.05) is 0 Å². The lowest BCUT2D eigenvalue weighted by molar-refractivity contribution is 1.05. The predicted molar refractivity (Wildman–Crippen MR) is 46.2 cm³/mol. The molecule has 6 N–H and O–H groups in total. The standard InChI is InChI=1S/C5H8N8/c6-3(7)12-4(8)13-5-10-1-9-2-11-5/h1-2H,(H6,6,7,8,9,10,11,12,13). The first-order chi connectivity index (χ1) is 6.18. The van der Waals surface area contributed by atoms with Crippen LogP contribution in [0.4, 0.5) is 5.95 Å². The first kappa shape index (κ1) is 8.84. The van der Waals surface area contributed by atoms with Crippen LogP contribution in [0.1, 0.15) is 0 Å². The minimum atomic E-state index is -0.327. The van der Waals surface area contributed by atoms with Crippen LogP contribution in [-0.2, 0) is 0 Å². The molecule has 0 fully saturated rings. The quantitative estimate of drug-likeness (QED) is 0.269. The van der Waals surface area contributed by atoms with Crippen molar-refractivity contribution in [2.24, 2.45) is 5.73 Å². The highest BCUT2D eigenvalue weighted by molar-refractivity contribution is 6.01. The number of rotatable bonds is 1. The summed E-state index contributed by atoms with van der Waals surface area (Å²) in [4.78, 5) is 11.0. The summed E-state index contributed by atoms with van der Waals surface area (Å²) in [6.07, 6.45) is 2.58. The minimum Gasteiger partial charge on any atom is -0.370 e. The van der Waals surface area contributed by atoms with Crippen LogP contribution in [0.5, 0.6) is 0 Å². The second kappa shape index (κ2) is 3.95. The minimum absolute atomic E-state index is 0.168. The van der Waals surface area contributed by atoms with Gasteiger partial charge in [0.15, 0.2) is 5.96 Å². The molecule has 0 bridgehead atoms. The second-order valence-electron chi connectivity index (χ2n) is 2.00. The van der Waals surface area contributed by atoms with Gasteiger partial charge in [-0.3, -0.25) is 21.5 Å². The zero-order chi connectivity index (χ0) is 9.68. The molecule has 1 heterocycles. The van der Waals surface area contributed by atoms with Gasteiger partial charge in [0.25, 0.3) is 0 Å². The van der Waals surface area contributed by atoms with Crippen molar-refractivity contribution < 1.29 is 0 Å². The smallest absolute Gasteiger partial charge is 0.232 e. The number of nitrogens with zero attached hydrogens (tertiary/aromatic N) is 3. The van der Waals surface area contributed by atoms with E-state index in [9.17, 15) is 0 Å². The van der Waals surface area contributed by atoms with Crippen molar-refractivity contribution in [3.63, 3.8) is 0 Å². The summed E-state index contributed by atoms with van der Waals surface area (Å²) in [5.41, 5.74) is 4.99. The predicted octanol–water partition coefficient (Wildman–Crippen LogP) is -1.30. The maximum absolute atomic E-state index is 7.21. The van der Waals surface area contributed by atoms with Crippen molar-refractivity contribution in [2.75, 3.05) is 5.32 Å². The van der Waals surface area contributed by atoms with E-state index in [1.54, 1.807) is 0 Å². The summed E-state index contributed by atoms with van der Waals surface area (Å²) >= 11 is 0. The topological polar surface area (TPSA) is 136 Å². The number of anilines is 1. The molecule has 1 aromatic heterocycles. The van der Waals surface area contributed by atoms with Gasteiger partial charge < -0.3 is 5.73 Å². The monoisotopic (exact) mass is 180 g/mol. The van der Waals surface area contributed by atoms with Crippen LogP contribution in [0.2, 0.25) is 0 Å². The van der Waals surface area contributed by atoms with Gasteiger partial charge in [-0.25, -0.2) is 15.0 Å². The molecule has 0 unspecified atom stereocenters. The Hall–Kier alpha value is -2.25. The van der Waals surface area contributed by atoms with E-state index in [0.29, 0.717) is 0 Å². The lowest BCUT2D eigenvalue weighted by Gasteiger charge is -2.05. The lowest BCUT2D eigenvalue weighted by Crippen LogP contribution is -2.39. The van der Waals surface area contributed by atoms with Crippen molar-refractivity contribution in [3.05, 3.63) is 12.7 Å². The van der Waals surface area contributed by atoms with Gasteiger partial charge in [0.05, 0.1) is 0 Å². The first-order valence-corrected chi connectivity index (χ1v) is 3.27. The third-order valence-corrected chi connectivity index (χ3v) is 0.990. The Morgan fingerprint density at radius 2 is 1.92 bits per heavy atom. The Morgan fingerprint density at radius 1 is 1.31 bits per heavy atom. The normalized spacial score (nSPS) is 8.92. The highest BCUT2D eigenvalue weighted by Crippen LogP contribution is 1.89. The van der Waals surface area contributed by atoms with Crippen LogP contribution in [0.25, 0.3) is 0 Å². The summed E-state index contributed by atoms with van der Waals surface area (Å²) in [7, 11) is 0. The van der Waals surface area contributed by atoms with E-state index in [1.165, 1.54) is 12.7 Å². The molecular weight excluding hydrogens is 172 g/mol. The Kier molecular flexibility index (Phi) is 2.69. The molecule has 0 aliphatic carbocycles. The van der Waals surface area contributed by atoms with E-state index >= 15 is 0 Å². The largest absolute Gasteiger partial charge is 0.370 e. The number of hydrogen-bond donors (Lipinski definition) is 5. The summed E-state index contributed by atoms with van der Waals surface area (Å²) in [6.45, 7) is 0. The average molecular weight is 180 g/mol. The van der Waals surface area contributed by atoms with Crippen molar-refractivity contribution in [3.8, 4) is 0 Å². The molecule has 13 heavy (non-hydrogen) atoms. The van der Waals surface area contributed by atoms with Gasteiger partial charge in [-0.05, 0) is 0 Å². The number of guanidine groups is 2. The molecule has 0 amide bonds. The van der Waals surface area contributed by atoms with Crippen LogP contribution in [0.15, 0.2) is 12.7 Å². The average Bonchev–Trinajstić information content (AvgIpc) is 2.04. The van der Waals surface area contributed by atoms with Gasteiger partial charge in [0, 0.05) is 0 Å². The van der Waals surface area contributed by atoms with Crippen molar-refractivity contribution in [2.45, 2.75) is 0 Å². The van der Waals surface area contributed by atoms with Gasteiger partial charge in [0.1, 0.15) is 12.7 Å². The fourth-order valence-corrected chi connectivity index (χ4v) is 0.581. The summed E-state index contributed by atoms with van der Waals surface area (Å²) in [6, 6.07) is 0. The maximum Gasteiger partial charge on any atom is 0.232 e. The molecule has 8 nitrogen and oxygen atoms in total. The van der Waals surface area contributed by atoms with E-state index in [2.05, 4.69) is 25.6 Å². The molecule has 0 radical (unpaired) electrons. The van der Waals surface area contributed by atoms with Gasteiger partial charge in [0.2, 0.25) is 11.9 Å². The third-order valence-electron chi connectivity index (χ3n) is 0.990. The molecule has 0 saturated carbocycles. The highest BCUT2D eigenvalue weighted by Gasteiger charge is 1.98. The van der Waals surface area contributed by atoms with Gasteiger partial charge in [-0.2, -0.15) is 0 Å². The number of nitrogens with one attached hydrogen (secondary N) is 4. The molecule has 0 aromatic carbocycles. The number of aromatic nitrogens is 3. The number of nitrogens with two attached hydrogens (primary N) is 1. The Labute approximate surface area is 73.6 Å². The summed E-state index contributed by atoms with van der Waals surface area (Å²) in [5, 5.41) is 18.7. The van der Waals surface area contributed by atoms with E-state index < -0.39 is 0 Å². The molecule has 8 heteroatoms. The van der Waals surface area contributed by atoms with Gasteiger partial charge in [-0.15, -0.1) is 0 Å².